The van der Waals surface area contributed by atoms with E-state index < -0.39 is 35.8 Å². The van der Waals surface area contributed by atoms with E-state index >= 15 is 0 Å². The second-order valence-electron chi connectivity index (χ2n) is 6.76. The van der Waals surface area contributed by atoms with Crippen LogP contribution in [0.25, 0.3) is 0 Å². The lowest BCUT2D eigenvalue weighted by molar-refractivity contribution is -0.138. The molecule has 5 amide bonds. The lowest BCUT2D eigenvalue weighted by Gasteiger charge is -2.28. The van der Waals surface area contributed by atoms with Crippen molar-refractivity contribution in [3.8, 4) is 5.75 Å². The third-order valence-electron chi connectivity index (χ3n) is 4.74. The van der Waals surface area contributed by atoms with E-state index in [0.29, 0.717) is 17.0 Å². The number of hydrogen-bond donors (Lipinski definition) is 3. The average Bonchev–Trinajstić information content (AvgIpc) is 3.06. The Labute approximate surface area is 173 Å². The summed E-state index contributed by atoms with van der Waals surface area (Å²) in [6.45, 7) is 0. The molecule has 1 heterocycles. The van der Waals surface area contributed by atoms with Crippen molar-refractivity contribution in [3.05, 3.63) is 60.2 Å². The minimum atomic E-state index is -0.964. The maximum Gasteiger partial charge on any atom is 0.322 e. The molecule has 0 aliphatic carbocycles. The topological polar surface area (TPSA) is 117 Å². The third-order valence-corrected chi connectivity index (χ3v) is 4.74. The van der Waals surface area contributed by atoms with Crippen LogP contribution in [0, 0.1) is 0 Å². The van der Waals surface area contributed by atoms with Crippen LogP contribution in [0.5, 0.6) is 5.75 Å². The van der Waals surface area contributed by atoms with Crippen molar-refractivity contribution in [2.45, 2.75) is 18.5 Å². The molecule has 3 N–H and O–H groups in total. The Morgan fingerprint density at radius 1 is 1.10 bits per heavy atom. The number of methoxy groups -OCH3 is 1. The Morgan fingerprint density at radius 2 is 1.77 bits per heavy atom. The van der Waals surface area contributed by atoms with Gasteiger partial charge in [0, 0.05) is 12.7 Å². The van der Waals surface area contributed by atoms with Gasteiger partial charge in [-0.05, 0) is 29.8 Å². The highest BCUT2D eigenvalue weighted by atomic mass is 16.5. The highest BCUT2D eigenvalue weighted by molar-refractivity contribution is 6.06. The molecule has 0 spiro atoms. The van der Waals surface area contributed by atoms with Crippen LogP contribution in [-0.4, -0.2) is 48.9 Å². The molecule has 1 saturated heterocycles. The molecule has 9 heteroatoms. The van der Waals surface area contributed by atoms with Crippen LogP contribution in [-0.2, 0) is 14.4 Å². The van der Waals surface area contributed by atoms with Crippen molar-refractivity contribution in [2.24, 2.45) is 0 Å². The molecule has 0 radical (unpaired) electrons. The summed E-state index contributed by atoms with van der Waals surface area (Å²) in [5, 5.41) is 7.28. The normalized spacial score (nSPS) is 16.3. The van der Waals surface area contributed by atoms with Gasteiger partial charge in [-0.2, -0.15) is 0 Å². The van der Waals surface area contributed by atoms with Crippen molar-refractivity contribution in [2.75, 3.05) is 19.5 Å². The molecule has 2 atom stereocenters. The van der Waals surface area contributed by atoms with Gasteiger partial charge >= 0.3 is 6.03 Å². The second kappa shape index (κ2) is 9.08. The van der Waals surface area contributed by atoms with Crippen LogP contribution in [0.15, 0.2) is 54.6 Å². The standard InChI is InChI=1S/C21H22N4O5/c1-25(17(26)12-16-19(27)24-21(29)23-16)18(13-6-4-3-5-7-13)20(28)22-14-8-10-15(30-2)11-9-14/h3-11,16,18H,12H2,1-2H3,(H,22,28)(H2,23,24,27,29)/t16-,18-/m1/s1. The number of carbonyl (C=O) groups excluding carboxylic acids is 4. The highest BCUT2D eigenvalue weighted by Gasteiger charge is 2.35. The number of nitrogens with zero attached hydrogens (tertiary/aromatic N) is 1. The molecule has 0 unspecified atom stereocenters. The molecule has 1 aliphatic heterocycles. The second-order valence-corrected chi connectivity index (χ2v) is 6.76. The predicted octanol–water partition coefficient (Wildman–Crippen LogP) is 1.43. The fourth-order valence-electron chi connectivity index (χ4n) is 3.14. The summed E-state index contributed by atoms with van der Waals surface area (Å²) in [4.78, 5) is 50.2. The molecule has 1 aliphatic rings. The summed E-state index contributed by atoms with van der Waals surface area (Å²) in [7, 11) is 3.04. The van der Waals surface area contributed by atoms with E-state index in [1.165, 1.54) is 11.9 Å². The van der Waals surface area contributed by atoms with Crippen LogP contribution in [0.4, 0.5) is 10.5 Å². The summed E-state index contributed by atoms with van der Waals surface area (Å²) in [6, 6.07) is 13.1. The lowest BCUT2D eigenvalue weighted by Crippen LogP contribution is -2.42. The number of hydrogen-bond acceptors (Lipinski definition) is 5. The fraction of sp³-hybridized carbons (Fsp3) is 0.238. The van der Waals surface area contributed by atoms with Gasteiger partial charge in [-0.15, -0.1) is 0 Å². The first-order chi connectivity index (χ1) is 14.4. The van der Waals surface area contributed by atoms with Gasteiger partial charge in [-0.3, -0.25) is 19.7 Å². The summed E-state index contributed by atoms with van der Waals surface area (Å²) in [5.74, 6) is -0.796. The van der Waals surface area contributed by atoms with Crippen LogP contribution in [0.3, 0.4) is 0 Å². The van der Waals surface area contributed by atoms with E-state index in [1.807, 2.05) is 6.07 Å². The average molecular weight is 410 g/mol. The smallest absolute Gasteiger partial charge is 0.322 e. The molecule has 3 rings (SSSR count). The number of likely N-dealkylation sites (N-methyl/N-ethyl adjacent to an activating group) is 1. The number of anilines is 1. The van der Waals surface area contributed by atoms with Gasteiger partial charge in [-0.25, -0.2) is 4.79 Å². The zero-order valence-corrected chi connectivity index (χ0v) is 16.5. The van der Waals surface area contributed by atoms with E-state index in [4.69, 9.17) is 4.74 Å². The Morgan fingerprint density at radius 3 is 2.33 bits per heavy atom. The summed E-state index contributed by atoms with van der Waals surface area (Å²) >= 11 is 0. The van der Waals surface area contributed by atoms with Gasteiger partial charge in [-0.1, -0.05) is 30.3 Å². The number of urea groups is 1. The number of carbonyl (C=O) groups is 4. The molecular weight excluding hydrogens is 388 g/mol. The number of rotatable bonds is 7. The van der Waals surface area contributed by atoms with Gasteiger partial charge in [0.2, 0.25) is 5.91 Å². The van der Waals surface area contributed by atoms with Crippen molar-refractivity contribution >= 4 is 29.4 Å². The minimum Gasteiger partial charge on any atom is -0.497 e. The van der Waals surface area contributed by atoms with Gasteiger partial charge in [0.05, 0.1) is 13.5 Å². The molecule has 156 valence electrons. The zero-order chi connectivity index (χ0) is 21.7. The zero-order valence-electron chi connectivity index (χ0n) is 16.5. The maximum atomic E-state index is 13.1. The lowest BCUT2D eigenvalue weighted by atomic mass is 10.0. The van der Waals surface area contributed by atoms with Crippen molar-refractivity contribution in [1.29, 1.82) is 0 Å². The van der Waals surface area contributed by atoms with Crippen LogP contribution < -0.4 is 20.7 Å². The molecule has 2 aromatic rings. The first kappa shape index (κ1) is 20.8. The Hall–Kier alpha value is -3.88. The summed E-state index contributed by atoms with van der Waals surface area (Å²) < 4.78 is 5.11. The van der Waals surface area contributed by atoms with E-state index in [0.717, 1.165) is 0 Å². The van der Waals surface area contributed by atoms with Crippen LogP contribution in [0.2, 0.25) is 0 Å². The molecule has 1 fully saturated rings. The molecule has 0 saturated carbocycles. The largest absolute Gasteiger partial charge is 0.497 e. The quantitative estimate of drug-likeness (QED) is 0.597. The van der Waals surface area contributed by atoms with Crippen molar-refractivity contribution < 1.29 is 23.9 Å². The van der Waals surface area contributed by atoms with Gasteiger partial charge in [0.25, 0.3) is 11.8 Å². The monoisotopic (exact) mass is 410 g/mol. The number of imide groups is 1. The highest BCUT2D eigenvalue weighted by Crippen LogP contribution is 2.24. The number of nitrogens with one attached hydrogen (secondary N) is 3. The van der Waals surface area contributed by atoms with Crippen molar-refractivity contribution in [3.63, 3.8) is 0 Å². The van der Waals surface area contributed by atoms with E-state index in [1.54, 1.807) is 55.6 Å². The minimum absolute atomic E-state index is 0.257. The van der Waals surface area contributed by atoms with Crippen molar-refractivity contribution in [1.82, 2.24) is 15.5 Å². The SMILES string of the molecule is COc1ccc(NC(=O)[C@@H](c2ccccc2)N(C)C(=O)C[C@H]2NC(=O)NC2=O)cc1. The van der Waals surface area contributed by atoms with Gasteiger partial charge in [0.15, 0.2) is 0 Å². The molecule has 9 nitrogen and oxygen atoms in total. The number of ether oxygens (including phenoxy) is 1. The van der Waals surface area contributed by atoms with E-state index in [-0.39, 0.29) is 6.42 Å². The van der Waals surface area contributed by atoms with Crippen LogP contribution in [0.1, 0.15) is 18.0 Å². The molecule has 0 bridgehead atoms. The number of amides is 5. The Kier molecular flexibility index (Phi) is 6.31. The summed E-state index contributed by atoms with van der Waals surface area (Å²) in [5.41, 5.74) is 1.16. The Bertz CT molecular complexity index is 946. The van der Waals surface area contributed by atoms with E-state index in [2.05, 4.69) is 16.0 Å². The predicted molar refractivity (Wildman–Crippen MR) is 109 cm³/mol. The molecule has 2 aromatic carbocycles. The Balaban J connectivity index is 1.79. The first-order valence-corrected chi connectivity index (χ1v) is 9.26. The van der Waals surface area contributed by atoms with Gasteiger partial charge in [0.1, 0.15) is 17.8 Å². The van der Waals surface area contributed by atoms with Gasteiger partial charge < -0.3 is 20.3 Å². The summed E-state index contributed by atoms with van der Waals surface area (Å²) in [6.07, 6.45) is -0.257. The number of benzene rings is 2. The fourth-order valence-corrected chi connectivity index (χ4v) is 3.14. The maximum absolute atomic E-state index is 13.1. The first-order valence-electron chi connectivity index (χ1n) is 9.26. The molecular formula is C21H22N4O5. The third kappa shape index (κ3) is 4.75. The molecule has 0 aromatic heterocycles. The molecule has 30 heavy (non-hydrogen) atoms. The van der Waals surface area contributed by atoms with Crippen LogP contribution >= 0.6 is 0 Å². The van der Waals surface area contributed by atoms with E-state index in [9.17, 15) is 19.2 Å².